The van der Waals surface area contributed by atoms with Crippen molar-refractivity contribution < 1.29 is 14.0 Å². The zero-order valence-corrected chi connectivity index (χ0v) is 11.6. The average Bonchev–Trinajstić information content (AvgIpc) is 2.47. The van der Waals surface area contributed by atoms with Crippen LogP contribution in [0.4, 0.5) is 15.8 Å². The van der Waals surface area contributed by atoms with Gasteiger partial charge in [-0.25, -0.2) is 4.39 Å². The Bertz CT molecular complexity index is 674. The van der Waals surface area contributed by atoms with Crippen LogP contribution in [0, 0.1) is 5.82 Å². The number of amides is 2. The van der Waals surface area contributed by atoms with Crippen molar-refractivity contribution in [2.75, 3.05) is 17.3 Å². The van der Waals surface area contributed by atoms with Crippen LogP contribution in [0.5, 0.6) is 0 Å². The number of pyridine rings is 1. The molecule has 0 unspecified atom stereocenters. The lowest BCUT2D eigenvalue weighted by molar-refractivity contribution is -0.116. The molecule has 0 aliphatic heterocycles. The molecule has 21 heavy (non-hydrogen) atoms. The Morgan fingerprint density at radius 3 is 2.67 bits per heavy atom. The van der Waals surface area contributed by atoms with E-state index in [4.69, 9.17) is 0 Å². The molecule has 0 aliphatic rings. The predicted octanol–water partition coefficient (Wildman–Crippen LogP) is 2.46. The fourth-order valence-electron chi connectivity index (χ4n) is 1.76. The smallest absolute Gasteiger partial charge is 0.257 e. The maximum atomic E-state index is 13.4. The summed E-state index contributed by atoms with van der Waals surface area (Å²) in [5, 5.41) is 2.59. The molecule has 6 heteroatoms. The van der Waals surface area contributed by atoms with Crippen LogP contribution >= 0.6 is 0 Å². The van der Waals surface area contributed by atoms with Crippen LogP contribution < -0.4 is 10.2 Å². The molecular weight excluding hydrogens is 273 g/mol. The van der Waals surface area contributed by atoms with Crippen LogP contribution in [0.1, 0.15) is 17.3 Å². The van der Waals surface area contributed by atoms with E-state index in [1.807, 2.05) is 0 Å². The standard InChI is InChI=1S/C15H14FN3O2/c1-10(20)19(2)14-6-5-12(16)8-13(14)18-15(21)11-4-3-7-17-9-11/h3-9H,1-2H3,(H,18,21). The largest absolute Gasteiger partial charge is 0.320 e. The SMILES string of the molecule is CC(=O)N(C)c1ccc(F)cc1NC(=O)c1cccnc1. The molecule has 108 valence electrons. The van der Waals surface area contributed by atoms with Crippen molar-refractivity contribution in [3.8, 4) is 0 Å². The van der Waals surface area contributed by atoms with Gasteiger partial charge in [0.05, 0.1) is 16.9 Å². The predicted molar refractivity (Wildman–Crippen MR) is 77.7 cm³/mol. The first kappa shape index (κ1) is 14.6. The lowest BCUT2D eigenvalue weighted by atomic mass is 10.2. The Labute approximate surface area is 121 Å². The Morgan fingerprint density at radius 2 is 2.05 bits per heavy atom. The quantitative estimate of drug-likeness (QED) is 0.943. The van der Waals surface area contributed by atoms with Crippen molar-refractivity contribution in [2.24, 2.45) is 0 Å². The van der Waals surface area contributed by atoms with Crippen LogP contribution in [-0.2, 0) is 4.79 Å². The number of carbonyl (C=O) groups is 2. The van der Waals surface area contributed by atoms with Gasteiger partial charge in [-0.15, -0.1) is 0 Å². The highest BCUT2D eigenvalue weighted by atomic mass is 19.1. The summed E-state index contributed by atoms with van der Waals surface area (Å²) in [5.74, 6) is -1.15. The number of hydrogen-bond acceptors (Lipinski definition) is 3. The minimum atomic E-state index is -0.503. The number of aromatic nitrogens is 1. The molecule has 1 N–H and O–H groups in total. The van der Waals surface area contributed by atoms with Gasteiger partial charge < -0.3 is 10.2 Å². The topological polar surface area (TPSA) is 62.3 Å². The Hall–Kier alpha value is -2.76. The van der Waals surface area contributed by atoms with E-state index < -0.39 is 11.7 Å². The van der Waals surface area contributed by atoms with E-state index in [1.54, 1.807) is 25.4 Å². The number of carbonyl (C=O) groups excluding carboxylic acids is 2. The fourth-order valence-corrected chi connectivity index (χ4v) is 1.76. The third-order valence-corrected chi connectivity index (χ3v) is 2.96. The molecule has 0 aliphatic carbocycles. The highest BCUT2D eigenvalue weighted by Gasteiger charge is 2.15. The average molecular weight is 287 g/mol. The molecule has 0 fully saturated rings. The summed E-state index contributed by atoms with van der Waals surface area (Å²) in [6.45, 7) is 1.38. The minimum absolute atomic E-state index is 0.224. The van der Waals surface area contributed by atoms with E-state index in [9.17, 15) is 14.0 Å². The van der Waals surface area contributed by atoms with Gasteiger partial charge in [0.1, 0.15) is 5.82 Å². The number of nitrogens with one attached hydrogen (secondary N) is 1. The molecule has 0 saturated carbocycles. The van der Waals surface area contributed by atoms with Gasteiger partial charge in [-0.3, -0.25) is 14.6 Å². The molecule has 1 heterocycles. The molecule has 0 atom stereocenters. The molecule has 0 radical (unpaired) electrons. The van der Waals surface area contributed by atoms with Crippen LogP contribution in [0.2, 0.25) is 0 Å². The molecule has 1 aromatic heterocycles. The summed E-state index contributed by atoms with van der Waals surface area (Å²) < 4.78 is 13.4. The van der Waals surface area contributed by atoms with Gasteiger partial charge in [-0.2, -0.15) is 0 Å². The van der Waals surface area contributed by atoms with Crippen LogP contribution in [0.25, 0.3) is 0 Å². The Morgan fingerprint density at radius 1 is 1.29 bits per heavy atom. The summed E-state index contributed by atoms with van der Waals surface area (Å²) in [6.07, 6.45) is 2.96. The molecule has 2 amide bonds. The van der Waals surface area contributed by atoms with Gasteiger partial charge >= 0.3 is 0 Å². The molecule has 0 spiro atoms. The molecular formula is C15H14FN3O2. The molecule has 2 rings (SSSR count). The monoisotopic (exact) mass is 287 g/mol. The maximum absolute atomic E-state index is 13.4. The van der Waals surface area contributed by atoms with Crippen molar-refractivity contribution in [1.82, 2.24) is 4.98 Å². The fraction of sp³-hybridized carbons (Fsp3) is 0.133. The van der Waals surface area contributed by atoms with Gasteiger partial charge in [-0.1, -0.05) is 0 Å². The van der Waals surface area contributed by atoms with Crippen molar-refractivity contribution in [2.45, 2.75) is 6.92 Å². The third-order valence-electron chi connectivity index (χ3n) is 2.96. The lowest BCUT2D eigenvalue weighted by Gasteiger charge is -2.19. The maximum Gasteiger partial charge on any atom is 0.257 e. The van der Waals surface area contributed by atoms with E-state index >= 15 is 0 Å². The van der Waals surface area contributed by atoms with Crippen LogP contribution in [0.3, 0.4) is 0 Å². The van der Waals surface area contributed by atoms with E-state index in [0.717, 1.165) is 0 Å². The first-order chi connectivity index (χ1) is 9.99. The first-order valence-electron chi connectivity index (χ1n) is 6.24. The minimum Gasteiger partial charge on any atom is -0.320 e. The molecule has 1 aromatic carbocycles. The summed E-state index contributed by atoms with van der Waals surface area (Å²) in [4.78, 5) is 28.7. The van der Waals surface area contributed by atoms with Crippen molar-refractivity contribution in [3.63, 3.8) is 0 Å². The first-order valence-corrected chi connectivity index (χ1v) is 6.24. The van der Waals surface area contributed by atoms with E-state index in [-0.39, 0.29) is 11.6 Å². The number of anilines is 2. The number of benzene rings is 1. The van der Waals surface area contributed by atoms with E-state index in [0.29, 0.717) is 11.3 Å². The highest BCUT2D eigenvalue weighted by Crippen LogP contribution is 2.26. The number of halogens is 1. The van der Waals surface area contributed by atoms with Crippen molar-refractivity contribution >= 4 is 23.2 Å². The Kier molecular flexibility index (Phi) is 4.27. The zero-order valence-electron chi connectivity index (χ0n) is 11.6. The normalized spacial score (nSPS) is 10.0. The molecule has 0 saturated heterocycles. The number of nitrogens with zero attached hydrogens (tertiary/aromatic N) is 2. The lowest BCUT2D eigenvalue weighted by Crippen LogP contribution is -2.25. The van der Waals surface area contributed by atoms with Crippen molar-refractivity contribution in [1.29, 1.82) is 0 Å². The van der Waals surface area contributed by atoms with Gasteiger partial charge in [0, 0.05) is 26.4 Å². The van der Waals surface area contributed by atoms with Crippen LogP contribution in [0.15, 0.2) is 42.7 Å². The molecule has 5 nitrogen and oxygen atoms in total. The summed E-state index contributed by atoms with van der Waals surface area (Å²) in [5.41, 5.74) is 0.987. The van der Waals surface area contributed by atoms with Gasteiger partial charge in [0.15, 0.2) is 0 Å². The second-order valence-electron chi connectivity index (χ2n) is 4.44. The molecule has 2 aromatic rings. The van der Waals surface area contributed by atoms with Gasteiger partial charge in [-0.05, 0) is 30.3 Å². The highest BCUT2D eigenvalue weighted by molar-refractivity contribution is 6.07. The third kappa shape index (κ3) is 3.42. The number of rotatable bonds is 3. The number of hydrogen-bond donors (Lipinski definition) is 1. The van der Waals surface area contributed by atoms with E-state index in [1.165, 1.54) is 36.2 Å². The Balaban J connectivity index is 2.33. The van der Waals surface area contributed by atoms with Gasteiger partial charge in [0.25, 0.3) is 5.91 Å². The molecule has 0 bridgehead atoms. The van der Waals surface area contributed by atoms with Gasteiger partial charge in [0.2, 0.25) is 5.91 Å². The van der Waals surface area contributed by atoms with Crippen molar-refractivity contribution in [3.05, 3.63) is 54.1 Å². The summed E-state index contributed by atoms with van der Waals surface area (Å²) in [6, 6.07) is 7.06. The zero-order chi connectivity index (χ0) is 15.4. The second-order valence-corrected chi connectivity index (χ2v) is 4.44. The second kappa shape index (κ2) is 6.13. The van der Waals surface area contributed by atoms with Crippen LogP contribution in [-0.4, -0.2) is 23.8 Å². The summed E-state index contributed by atoms with van der Waals surface area (Å²) >= 11 is 0. The summed E-state index contributed by atoms with van der Waals surface area (Å²) in [7, 11) is 1.55. The van der Waals surface area contributed by atoms with E-state index in [2.05, 4.69) is 10.3 Å².